The molecule has 0 unspecified atom stereocenters. The molecule has 3 nitrogen and oxygen atoms in total. The first-order valence-electron chi connectivity index (χ1n) is 7.23. The van der Waals surface area contributed by atoms with Crippen LogP contribution in [0.5, 0.6) is 0 Å². The van der Waals surface area contributed by atoms with Crippen molar-refractivity contribution in [3.05, 3.63) is 35.6 Å². The van der Waals surface area contributed by atoms with Crippen molar-refractivity contribution in [1.29, 1.82) is 0 Å². The molecule has 0 saturated carbocycles. The van der Waals surface area contributed by atoms with E-state index >= 15 is 0 Å². The number of hydrogen-bond donors (Lipinski definition) is 0. The third-order valence-electron chi connectivity index (χ3n) is 3.13. The van der Waals surface area contributed by atoms with Crippen molar-refractivity contribution in [3.8, 4) is 0 Å². The van der Waals surface area contributed by atoms with Crippen molar-refractivity contribution in [3.63, 3.8) is 0 Å². The number of rotatable bonds is 10. The predicted octanol–water partition coefficient (Wildman–Crippen LogP) is 3.81. The number of halogens is 1. The van der Waals surface area contributed by atoms with E-state index in [4.69, 9.17) is 13.3 Å². The topological polar surface area (TPSA) is 27.7 Å². The molecule has 0 spiro atoms. The first-order chi connectivity index (χ1) is 9.65. The Hall–Kier alpha value is -0.753. The summed E-state index contributed by atoms with van der Waals surface area (Å²) in [7, 11) is -0.836. The fraction of sp³-hybridized carbons (Fsp3) is 0.600. The maximum atomic E-state index is 13.1. The van der Waals surface area contributed by atoms with Gasteiger partial charge in [0.15, 0.2) is 0 Å². The van der Waals surface area contributed by atoms with Crippen LogP contribution in [-0.2, 0) is 19.7 Å². The number of hydrogen-bond acceptors (Lipinski definition) is 3. The van der Waals surface area contributed by atoms with Crippen LogP contribution >= 0.6 is 0 Å². The van der Waals surface area contributed by atoms with Gasteiger partial charge in [0.05, 0.1) is 0 Å². The van der Waals surface area contributed by atoms with Crippen molar-refractivity contribution >= 4 is 8.80 Å². The number of unbranched alkanes of at least 4 members (excludes halogenated alkanes) is 1. The fourth-order valence-corrected chi connectivity index (χ4v) is 4.58. The molecule has 0 bridgehead atoms. The van der Waals surface area contributed by atoms with Crippen LogP contribution in [0.2, 0.25) is 6.04 Å². The van der Waals surface area contributed by atoms with E-state index in [9.17, 15) is 4.39 Å². The summed E-state index contributed by atoms with van der Waals surface area (Å²) in [6.07, 6.45) is 2.79. The Labute approximate surface area is 122 Å². The summed E-state index contributed by atoms with van der Waals surface area (Å²) in [6, 6.07) is 7.57. The second-order valence-electron chi connectivity index (χ2n) is 4.59. The molecule has 0 atom stereocenters. The molecule has 0 aliphatic heterocycles. The Morgan fingerprint density at radius 1 is 1.10 bits per heavy atom. The number of aryl methyl sites for hydroxylation is 1. The lowest BCUT2D eigenvalue weighted by Gasteiger charge is -2.27. The van der Waals surface area contributed by atoms with Crippen LogP contribution in [0.4, 0.5) is 4.39 Å². The van der Waals surface area contributed by atoms with Gasteiger partial charge in [-0.2, -0.15) is 0 Å². The van der Waals surface area contributed by atoms with Crippen LogP contribution in [-0.4, -0.2) is 29.1 Å². The van der Waals surface area contributed by atoms with Crippen LogP contribution in [0.15, 0.2) is 24.3 Å². The highest BCUT2D eigenvalue weighted by molar-refractivity contribution is 6.60. The maximum Gasteiger partial charge on any atom is 0.500 e. The molecule has 0 fully saturated rings. The molecule has 0 radical (unpaired) electrons. The Morgan fingerprint density at radius 2 is 1.80 bits per heavy atom. The van der Waals surface area contributed by atoms with E-state index in [1.165, 1.54) is 6.07 Å². The standard InChI is InChI=1S/C15H25FO3Si/c1-4-18-20(17-3,19-5-2)12-7-6-9-14-10-8-11-15(16)13-14/h8,10-11,13H,4-7,9,12H2,1-3H3. The Bertz CT molecular complexity index is 381. The zero-order valence-corrected chi connectivity index (χ0v) is 13.7. The van der Waals surface area contributed by atoms with E-state index in [1.807, 2.05) is 19.9 Å². The van der Waals surface area contributed by atoms with Gasteiger partial charge in [0.25, 0.3) is 0 Å². The summed E-state index contributed by atoms with van der Waals surface area (Å²) < 4.78 is 30.0. The van der Waals surface area contributed by atoms with E-state index in [1.54, 1.807) is 19.2 Å². The Balaban J connectivity index is 2.40. The molecule has 0 N–H and O–H groups in total. The van der Waals surface area contributed by atoms with Crippen molar-refractivity contribution in [2.75, 3.05) is 20.3 Å². The molecule has 0 aliphatic carbocycles. The highest BCUT2D eigenvalue weighted by Crippen LogP contribution is 2.19. The largest absolute Gasteiger partial charge is 0.500 e. The lowest BCUT2D eigenvalue weighted by atomic mass is 10.1. The third-order valence-corrected chi connectivity index (χ3v) is 6.17. The second kappa shape index (κ2) is 9.23. The van der Waals surface area contributed by atoms with Gasteiger partial charge in [-0.05, 0) is 50.8 Å². The summed E-state index contributed by atoms with van der Waals surface area (Å²) in [5.74, 6) is -0.174. The van der Waals surface area contributed by atoms with E-state index in [0.29, 0.717) is 13.2 Å². The van der Waals surface area contributed by atoms with E-state index in [2.05, 4.69) is 0 Å². The normalized spacial score (nSPS) is 11.8. The summed E-state index contributed by atoms with van der Waals surface area (Å²) in [5, 5.41) is 0. The first-order valence-corrected chi connectivity index (χ1v) is 9.16. The van der Waals surface area contributed by atoms with Gasteiger partial charge in [-0.3, -0.25) is 0 Å². The van der Waals surface area contributed by atoms with Crippen molar-refractivity contribution in [1.82, 2.24) is 0 Å². The van der Waals surface area contributed by atoms with Crippen LogP contribution in [0.3, 0.4) is 0 Å². The SMILES string of the molecule is CCO[Si](CCCCc1cccc(F)c1)(OC)OCC. The van der Waals surface area contributed by atoms with Crippen LogP contribution in [0.1, 0.15) is 32.3 Å². The molecule has 1 rings (SSSR count). The average molecular weight is 300 g/mol. The van der Waals surface area contributed by atoms with Crippen molar-refractivity contribution < 1.29 is 17.7 Å². The van der Waals surface area contributed by atoms with E-state index < -0.39 is 8.80 Å². The Kier molecular flexibility index (Phi) is 7.99. The van der Waals surface area contributed by atoms with Crippen LogP contribution < -0.4 is 0 Å². The lowest BCUT2D eigenvalue weighted by molar-refractivity contribution is 0.0860. The van der Waals surface area contributed by atoms with Crippen molar-refractivity contribution in [2.45, 2.75) is 39.2 Å². The minimum Gasteiger partial charge on any atom is -0.377 e. The summed E-state index contributed by atoms with van der Waals surface area (Å²) >= 11 is 0. The molecule has 1 aromatic carbocycles. The molecular weight excluding hydrogens is 275 g/mol. The van der Waals surface area contributed by atoms with Gasteiger partial charge in [0.1, 0.15) is 5.82 Å². The molecule has 1 aromatic rings. The highest BCUT2D eigenvalue weighted by atomic mass is 28.4. The molecule has 114 valence electrons. The maximum absolute atomic E-state index is 13.1. The van der Waals surface area contributed by atoms with Gasteiger partial charge in [0, 0.05) is 26.4 Å². The van der Waals surface area contributed by atoms with Gasteiger partial charge >= 0.3 is 8.80 Å². The molecule has 0 heterocycles. The molecule has 0 saturated heterocycles. The zero-order valence-electron chi connectivity index (χ0n) is 12.7. The fourth-order valence-electron chi connectivity index (χ4n) is 2.21. The molecule has 0 aromatic heterocycles. The average Bonchev–Trinajstić information content (AvgIpc) is 2.44. The van der Waals surface area contributed by atoms with Gasteiger partial charge < -0.3 is 13.3 Å². The molecular formula is C15H25FO3Si. The Morgan fingerprint density at radius 3 is 2.35 bits per heavy atom. The molecule has 5 heteroatoms. The summed E-state index contributed by atoms with van der Waals surface area (Å²) in [5.41, 5.74) is 1.03. The van der Waals surface area contributed by atoms with Gasteiger partial charge in [0.2, 0.25) is 0 Å². The minimum absolute atomic E-state index is 0.174. The highest BCUT2D eigenvalue weighted by Gasteiger charge is 2.38. The number of benzene rings is 1. The molecule has 0 amide bonds. The first kappa shape index (κ1) is 17.3. The molecule has 20 heavy (non-hydrogen) atoms. The molecule has 0 aliphatic rings. The third kappa shape index (κ3) is 5.71. The predicted molar refractivity (Wildman–Crippen MR) is 80.2 cm³/mol. The monoisotopic (exact) mass is 300 g/mol. The van der Waals surface area contributed by atoms with E-state index in [-0.39, 0.29) is 5.82 Å². The summed E-state index contributed by atoms with van der Waals surface area (Å²) in [4.78, 5) is 0. The minimum atomic E-state index is -2.49. The van der Waals surface area contributed by atoms with Gasteiger partial charge in [-0.25, -0.2) is 4.39 Å². The smallest absolute Gasteiger partial charge is 0.377 e. The van der Waals surface area contributed by atoms with Crippen LogP contribution in [0, 0.1) is 5.82 Å². The second-order valence-corrected chi connectivity index (χ2v) is 7.44. The summed E-state index contributed by atoms with van der Waals surface area (Å²) in [6.45, 7) is 5.10. The van der Waals surface area contributed by atoms with Crippen LogP contribution in [0.25, 0.3) is 0 Å². The zero-order chi connectivity index (χ0) is 14.8. The quantitative estimate of drug-likeness (QED) is 0.486. The van der Waals surface area contributed by atoms with E-state index in [0.717, 1.165) is 30.9 Å². The van der Waals surface area contributed by atoms with Gasteiger partial charge in [-0.1, -0.05) is 12.1 Å². The van der Waals surface area contributed by atoms with Crippen molar-refractivity contribution in [2.24, 2.45) is 0 Å². The van der Waals surface area contributed by atoms with Gasteiger partial charge in [-0.15, -0.1) is 0 Å². The lowest BCUT2D eigenvalue weighted by Crippen LogP contribution is -2.44.